The van der Waals surface area contributed by atoms with Crippen molar-refractivity contribution in [3.8, 4) is 0 Å². The molecular weight excluding hydrogens is 230 g/mol. The zero-order chi connectivity index (χ0) is 14.0. The van der Waals surface area contributed by atoms with Crippen molar-refractivity contribution < 1.29 is 14.7 Å². The van der Waals surface area contributed by atoms with E-state index in [0.29, 0.717) is 18.8 Å². The number of carbonyl (C=O) groups excluding carboxylic acids is 1. The highest BCUT2D eigenvalue weighted by atomic mass is 16.4. The molecule has 0 saturated heterocycles. The molecule has 0 bridgehead atoms. The van der Waals surface area contributed by atoms with Gasteiger partial charge in [0.1, 0.15) is 5.54 Å². The lowest BCUT2D eigenvalue weighted by Crippen LogP contribution is -2.56. The highest BCUT2D eigenvalue weighted by Gasteiger charge is 2.45. The predicted octanol–water partition coefficient (Wildman–Crippen LogP) is 2.57. The lowest BCUT2D eigenvalue weighted by molar-refractivity contribution is -0.150. The Bertz CT molecular complexity index is 328. The maximum atomic E-state index is 11.4. The van der Waals surface area contributed by atoms with Gasteiger partial charge in [0, 0.05) is 6.92 Å². The number of carbonyl (C=O) groups is 2. The Labute approximate surface area is 109 Å². The number of nitrogens with one attached hydrogen (secondary N) is 1. The van der Waals surface area contributed by atoms with Gasteiger partial charge in [-0.25, -0.2) is 4.79 Å². The van der Waals surface area contributed by atoms with E-state index in [0.717, 1.165) is 19.3 Å². The van der Waals surface area contributed by atoms with E-state index in [-0.39, 0.29) is 11.3 Å². The first-order valence-electron chi connectivity index (χ1n) is 6.75. The summed E-state index contributed by atoms with van der Waals surface area (Å²) < 4.78 is 0. The van der Waals surface area contributed by atoms with Crippen LogP contribution in [0.15, 0.2) is 0 Å². The van der Waals surface area contributed by atoms with Crippen LogP contribution in [0.25, 0.3) is 0 Å². The fourth-order valence-electron chi connectivity index (χ4n) is 2.91. The van der Waals surface area contributed by atoms with Crippen LogP contribution in [-0.4, -0.2) is 22.5 Å². The third kappa shape index (κ3) is 3.03. The standard InChI is InChI=1S/C14H25NO3/c1-5-13(3,4)11-6-8-14(9-7-11,12(17)18)15-10(2)16/h11H,5-9H2,1-4H3,(H,15,16)(H,17,18). The molecule has 0 aliphatic heterocycles. The summed E-state index contributed by atoms with van der Waals surface area (Å²) in [6.07, 6.45) is 3.91. The van der Waals surface area contributed by atoms with Crippen LogP contribution in [0.2, 0.25) is 0 Å². The molecule has 0 aromatic heterocycles. The van der Waals surface area contributed by atoms with E-state index in [1.54, 1.807) is 0 Å². The molecule has 1 saturated carbocycles. The van der Waals surface area contributed by atoms with Crippen molar-refractivity contribution in [1.82, 2.24) is 5.32 Å². The first-order valence-corrected chi connectivity index (χ1v) is 6.75. The third-order valence-electron chi connectivity index (χ3n) is 4.68. The second-order valence-corrected chi connectivity index (χ2v) is 6.18. The molecule has 0 aromatic carbocycles. The Morgan fingerprint density at radius 2 is 1.83 bits per heavy atom. The molecular formula is C14H25NO3. The van der Waals surface area contributed by atoms with Gasteiger partial charge in [-0.3, -0.25) is 4.79 Å². The lowest BCUT2D eigenvalue weighted by atomic mass is 9.65. The summed E-state index contributed by atoms with van der Waals surface area (Å²) >= 11 is 0. The quantitative estimate of drug-likeness (QED) is 0.811. The van der Waals surface area contributed by atoms with Crippen LogP contribution in [0.4, 0.5) is 0 Å². The molecule has 0 radical (unpaired) electrons. The van der Waals surface area contributed by atoms with Crippen molar-refractivity contribution in [1.29, 1.82) is 0 Å². The Hall–Kier alpha value is -1.06. The molecule has 1 aliphatic rings. The summed E-state index contributed by atoms with van der Waals surface area (Å²) in [5, 5.41) is 12.0. The minimum atomic E-state index is -1.04. The van der Waals surface area contributed by atoms with Gasteiger partial charge in [0.2, 0.25) is 5.91 Å². The Balaban J connectivity index is 2.75. The molecule has 4 heteroatoms. The fraction of sp³-hybridized carbons (Fsp3) is 0.857. The van der Waals surface area contributed by atoms with Crippen LogP contribution in [0.3, 0.4) is 0 Å². The monoisotopic (exact) mass is 255 g/mol. The maximum Gasteiger partial charge on any atom is 0.329 e. The van der Waals surface area contributed by atoms with Crippen molar-refractivity contribution >= 4 is 11.9 Å². The van der Waals surface area contributed by atoms with Crippen molar-refractivity contribution in [2.45, 2.75) is 65.3 Å². The van der Waals surface area contributed by atoms with Gasteiger partial charge in [-0.05, 0) is 37.0 Å². The van der Waals surface area contributed by atoms with Gasteiger partial charge < -0.3 is 10.4 Å². The molecule has 1 aliphatic carbocycles. The van der Waals surface area contributed by atoms with E-state index < -0.39 is 11.5 Å². The fourth-order valence-corrected chi connectivity index (χ4v) is 2.91. The van der Waals surface area contributed by atoms with Gasteiger partial charge in [0.25, 0.3) is 0 Å². The summed E-state index contributed by atoms with van der Waals surface area (Å²) in [6, 6.07) is 0. The van der Waals surface area contributed by atoms with Gasteiger partial charge in [0.15, 0.2) is 0 Å². The summed E-state index contributed by atoms with van der Waals surface area (Å²) in [5.74, 6) is -0.611. The summed E-state index contributed by atoms with van der Waals surface area (Å²) in [5.41, 5.74) is -0.785. The molecule has 1 rings (SSSR count). The summed E-state index contributed by atoms with van der Waals surface area (Å²) in [4.78, 5) is 22.6. The van der Waals surface area contributed by atoms with E-state index in [1.165, 1.54) is 6.92 Å². The Morgan fingerprint density at radius 1 is 1.33 bits per heavy atom. The van der Waals surface area contributed by atoms with E-state index in [9.17, 15) is 14.7 Å². The number of carboxylic acid groups (broad SMARTS) is 1. The van der Waals surface area contributed by atoms with Crippen molar-refractivity contribution in [2.75, 3.05) is 0 Å². The zero-order valence-electron chi connectivity index (χ0n) is 11.9. The number of amides is 1. The average molecular weight is 255 g/mol. The number of rotatable bonds is 4. The molecule has 104 valence electrons. The van der Waals surface area contributed by atoms with E-state index in [1.807, 2.05) is 0 Å². The van der Waals surface area contributed by atoms with Crippen LogP contribution in [-0.2, 0) is 9.59 Å². The number of carboxylic acids is 1. The number of hydrogen-bond acceptors (Lipinski definition) is 2. The molecule has 1 fully saturated rings. The van der Waals surface area contributed by atoms with Gasteiger partial charge in [-0.1, -0.05) is 27.2 Å². The van der Waals surface area contributed by atoms with E-state index in [4.69, 9.17) is 0 Å². The first-order chi connectivity index (χ1) is 8.23. The van der Waals surface area contributed by atoms with Gasteiger partial charge >= 0.3 is 5.97 Å². The first kappa shape index (κ1) is 15.0. The van der Waals surface area contributed by atoms with Crippen molar-refractivity contribution in [3.63, 3.8) is 0 Å². The topological polar surface area (TPSA) is 66.4 Å². The van der Waals surface area contributed by atoms with Crippen LogP contribution >= 0.6 is 0 Å². The molecule has 0 unspecified atom stereocenters. The van der Waals surface area contributed by atoms with Crippen LogP contribution in [0.5, 0.6) is 0 Å². The number of aliphatic carboxylic acids is 1. The molecule has 1 amide bonds. The maximum absolute atomic E-state index is 11.4. The highest BCUT2D eigenvalue weighted by molar-refractivity contribution is 5.86. The van der Waals surface area contributed by atoms with Gasteiger partial charge in [-0.15, -0.1) is 0 Å². The Morgan fingerprint density at radius 3 is 2.17 bits per heavy atom. The molecule has 0 spiro atoms. The predicted molar refractivity (Wildman–Crippen MR) is 70.2 cm³/mol. The average Bonchev–Trinajstić information content (AvgIpc) is 2.28. The Kier molecular flexibility index (Phi) is 4.41. The van der Waals surface area contributed by atoms with Crippen molar-refractivity contribution in [2.24, 2.45) is 11.3 Å². The molecule has 0 aromatic rings. The van der Waals surface area contributed by atoms with Gasteiger partial charge in [0.05, 0.1) is 0 Å². The molecule has 0 atom stereocenters. The summed E-state index contributed by atoms with van der Waals surface area (Å²) in [7, 11) is 0. The van der Waals surface area contributed by atoms with Crippen LogP contribution < -0.4 is 5.32 Å². The smallest absolute Gasteiger partial charge is 0.329 e. The second kappa shape index (κ2) is 5.29. The molecule has 18 heavy (non-hydrogen) atoms. The highest BCUT2D eigenvalue weighted by Crippen LogP contribution is 2.43. The molecule has 4 nitrogen and oxygen atoms in total. The third-order valence-corrected chi connectivity index (χ3v) is 4.68. The van der Waals surface area contributed by atoms with Crippen LogP contribution in [0.1, 0.15) is 59.8 Å². The SMILES string of the molecule is CCC(C)(C)C1CCC(NC(C)=O)(C(=O)O)CC1. The summed E-state index contributed by atoms with van der Waals surface area (Å²) in [6.45, 7) is 8.04. The van der Waals surface area contributed by atoms with Crippen molar-refractivity contribution in [3.05, 3.63) is 0 Å². The number of hydrogen-bond donors (Lipinski definition) is 2. The van der Waals surface area contributed by atoms with Crippen LogP contribution in [0, 0.1) is 11.3 Å². The van der Waals surface area contributed by atoms with E-state index in [2.05, 4.69) is 26.1 Å². The minimum Gasteiger partial charge on any atom is -0.480 e. The van der Waals surface area contributed by atoms with Gasteiger partial charge in [-0.2, -0.15) is 0 Å². The zero-order valence-corrected chi connectivity index (χ0v) is 11.9. The normalized spacial score (nSPS) is 28.8. The molecule has 0 heterocycles. The van der Waals surface area contributed by atoms with E-state index >= 15 is 0 Å². The largest absolute Gasteiger partial charge is 0.480 e. The minimum absolute atomic E-state index is 0.251. The molecule has 2 N–H and O–H groups in total. The lowest BCUT2D eigenvalue weighted by Gasteiger charge is -2.43. The second-order valence-electron chi connectivity index (χ2n) is 6.18.